The van der Waals surface area contributed by atoms with Gasteiger partial charge >= 0.3 is 0 Å². The fourth-order valence-corrected chi connectivity index (χ4v) is 4.91. The number of aromatic nitrogens is 1. The summed E-state index contributed by atoms with van der Waals surface area (Å²) in [6, 6.07) is 0. The number of nitrogens with zero attached hydrogens (tertiary/aromatic N) is 3. The third kappa shape index (κ3) is 7.21. The molecule has 1 saturated heterocycles. The molecule has 0 bridgehead atoms. The fraction of sp³-hybridized carbons (Fsp3) is 0.833. The maximum atomic E-state index is 5.75. The Morgan fingerprint density at radius 1 is 1.23 bits per heavy atom. The molecule has 1 aliphatic heterocycles. The van der Waals surface area contributed by atoms with Crippen LogP contribution in [0.3, 0.4) is 0 Å². The second kappa shape index (κ2) is 11.9. The number of aliphatic imine (C=N–C) groups is 1. The van der Waals surface area contributed by atoms with Crippen LogP contribution in [0.5, 0.6) is 0 Å². The van der Waals surface area contributed by atoms with Crippen LogP contribution in [0.1, 0.15) is 69.2 Å². The summed E-state index contributed by atoms with van der Waals surface area (Å²) in [5.41, 5.74) is 1.34. The van der Waals surface area contributed by atoms with E-state index in [2.05, 4.69) is 27.4 Å². The number of hydrogen-bond acceptors (Lipinski definition) is 5. The number of piperidine rings is 1. The molecule has 0 unspecified atom stereocenters. The van der Waals surface area contributed by atoms with E-state index >= 15 is 0 Å². The highest BCUT2D eigenvalue weighted by molar-refractivity contribution is 5.79. The standard InChI is InChI=1S/C24H43N5O2/c1-5-25-23(27-18-24(12-15-30-4)10-6-7-11-24)26-16-21-8-13-29(14-9-21)17-22-28-19(2)20(3)31-22/h21H,5-18H2,1-4H3,(H2,25,26,27). The van der Waals surface area contributed by atoms with Crippen LogP contribution in [0, 0.1) is 25.2 Å². The van der Waals surface area contributed by atoms with Crippen LogP contribution in [0.2, 0.25) is 0 Å². The number of methoxy groups -OCH3 is 1. The number of hydrogen-bond donors (Lipinski definition) is 2. The number of nitrogens with one attached hydrogen (secondary N) is 2. The number of oxazole rings is 1. The SMILES string of the molecule is CCNC(=NCC1(CCOC)CCCC1)NCC1CCN(Cc2nc(C)c(C)o2)CC1. The van der Waals surface area contributed by atoms with E-state index in [9.17, 15) is 0 Å². The molecule has 7 heteroatoms. The maximum absolute atomic E-state index is 5.75. The third-order valence-corrected chi connectivity index (χ3v) is 7.11. The Balaban J connectivity index is 1.44. The summed E-state index contributed by atoms with van der Waals surface area (Å²) < 4.78 is 11.1. The van der Waals surface area contributed by atoms with Gasteiger partial charge in [-0.1, -0.05) is 12.8 Å². The molecule has 176 valence electrons. The summed E-state index contributed by atoms with van der Waals surface area (Å²) in [5.74, 6) is 3.44. The van der Waals surface area contributed by atoms with Gasteiger partial charge in [0.15, 0.2) is 5.96 Å². The van der Waals surface area contributed by atoms with Gasteiger partial charge in [0.25, 0.3) is 0 Å². The van der Waals surface area contributed by atoms with Gasteiger partial charge in [-0.25, -0.2) is 4.98 Å². The van der Waals surface area contributed by atoms with Crippen molar-refractivity contribution in [1.82, 2.24) is 20.5 Å². The maximum Gasteiger partial charge on any atom is 0.208 e. The van der Waals surface area contributed by atoms with Crippen molar-refractivity contribution in [2.75, 3.05) is 46.4 Å². The molecule has 7 nitrogen and oxygen atoms in total. The highest BCUT2D eigenvalue weighted by Gasteiger charge is 2.33. The minimum absolute atomic E-state index is 0.334. The van der Waals surface area contributed by atoms with Crippen molar-refractivity contribution in [3.63, 3.8) is 0 Å². The average molecular weight is 434 g/mol. The van der Waals surface area contributed by atoms with Gasteiger partial charge in [-0.3, -0.25) is 9.89 Å². The molecule has 2 N–H and O–H groups in total. The first-order valence-electron chi connectivity index (χ1n) is 12.2. The van der Waals surface area contributed by atoms with Crippen molar-refractivity contribution in [1.29, 1.82) is 0 Å². The molecule has 0 amide bonds. The molecule has 1 saturated carbocycles. The van der Waals surface area contributed by atoms with Crippen molar-refractivity contribution in [3.05, 3.63) is 17.3 Å². The van der Waals surface area contributed by atoms with Crippen molar-refractivity contribution in [2.24, 2.45) is 16.3 Å². The molecule has 0 aromatic carbocycles. The molecule has 2 fully saturated rings. The highest BCUT2D eigenvalue weighted by atomic mass is 16.5. The minimum Gasteiger partial charge on any atom is -0.444 e. The van der Waals surface area contributed by atoms with Crippen LogP contribution in [0.4, 0.5) is 0 Å². The van der Waals surface area contributed by atoms with Crippen molar-refractivity contribution in [2.45, 2.75) is 72.3 Å². The quantitative estimate of drug-likeness (QED) is 0.433. The van der Waals surface area contributed by atoms with Crippen LogP contribution in [-0.4, -0.2) is 62.3 Å². The summed E-state index contributed by atoms with van der Waals surface area (Å²) in [5, 5.41) is 7.07. The Morgan fingerprint density at radius 3 is 2.58 bits per heavy atom. The lowest BCUT2D eigenvalue weighted by molar-refractivity contribution is 0.141. The molecule has 1 aromatic rings. The summed E-state index contributed by atoms with van der Waals surface area (Å²) in [6.07, 6.45) is 8.73. The van der Waals surface area contributed by atoms with E-state index in [0.29, 0.717) is 11.3 Å². The zero-order chi connectivity index (χ0) is 22.1. The van der Waals surface area contributed by atoms with Crippen LogP contribution < -0.4 is 10.6 Å². The minimum atomic E-state index is 0.334. The van der Waals surface area contributed by atoms with E-state index in [4.69, 9.17) is 14.1 Å². The van der Waals surface area contributed by atoms with E-state index in [-0.39, 0.29) is 0 Å². The summed E-state index contributed by atoms with van der Waals surface area (Å²) in [7, 11) is 1.80. The van der Waals surface area contributed by atoms with Gasteiger partial charge in [0.05, 0.1) is 12.2 Å². The van der Waals surface area contributed by atoms with Gasteiger partial charge in [-0.15, -0.1) is 0 Å². The van der Waals surface area contributed by atoms with Gasteiger partial charge < -0.3 is 19.8 Å². The van der Waals surface area contributed by atoms with Crippen molar-refractivity contribution < 1.29 is 9.15 Å². The smallest absolute Gasteiger partial charge is 0.208 e. The lowest BCUT2D eigenvalue weighted by Gasteiger charge is -2.31. The molecule has 0 spiro atoms. The Kier molecular flexibility index (Phi) is 9.20. The summed E-state index contributed by atoms with van der Waals surface area (Å²) >= 11 is 0. The zero-order valence-corrected chi connectivity index (χ0v) is 20.1. The van der Waals surface area contributed by atoms with E-state index < -0.39 is 0 Å². The molecular formula is C24H43N5O2. The second-order valence-electron chi connectivity index (χ2n) is 9.49. The van der Waals surface area contributed by atoms with E-state index in [1.54, 1.807) is 7.11 Å². The van der Waals surface area contributed by atoms with Crippen LogP contribution >= 0.6 is 0 Å². The molecule has 2 heterocycles. The molecule has 2 aliphatic rings. The molecule has 31 heavy (non-hydrogen) atoms. The number of likely N-dealkylation sites (tertiary alicyclic amines) is 1. The first-order chi connectivity index (χ1) is 15.0. The van der Waals surface area contributed by atoms with Crippen LogP contribution in [0.25, 0.3) is 0 Å². The van der Waals surface area contributed by atoms with Gasteiger partial charge in [-0.05, 0) is 77.3 Å². The highest BCUT2D eigenvalue weighted by Crippen LogP contribution is 2.41. The fourth-order valence-electron chi connectivity index (χ4n) is 4.91. The number of aryl methyl sites for hydroxylation is 2. The predicted octanol–water partition coefficient (Wildman–Crippen LogP) is 3.66. The Labute approximate surface area is 188 Å². The summed E-state index contributed by atoms with van der Waals surface area (Å²) in [6.45, 7) is 12.8. The van der Waals surface area contributed by atoms with Crippen molar-refractivity contribution in [3.8, 4) is 0 Å². The van der Waals surface area contributed by atoms with Crippen LogP contribution in [0.15, 0.2) is 9.41 Å². The predicted molar refractivity (Wildman–Crippen MR) is 125 cm³/mol. The third-order valence-electron chi connectivity index (χ3n) is 7.11. The molecule has 0 radical (unpaired) electrons. The van der Waals surface area contributed by atoms with E-state index in [1.807, 2.05) is 13.8 Å². The molecule has 1 aliphatic carbocycles. The lowest BCUT2D eigenvalue weighted by atomic mass is 9.83. The lowest BCUT2D eigenvalue weighted by Crippen LogP contribution is -2.43. The number of rotatable bonds is 10. The zero-order valence-electron chi connectivity index (χ0n) is 20.1. The normalized spacial score (nSPS) is 20.3. The van der Waals surface area contributed by atoms with Gasteiger partial charge in [0.1, 0.15) is 5.76 Å². The largest absolute Gasteiger partial charge is 0.444 e. The Bertz CT molecular complexity index is 669. The average Bonchev–Trinajstić information content (AvgIpc) is 3.36. The Hall–Kier alpha value is -1.60. The first kappa shape index (κ1) is 24.1. The van der Waals surface area contributed by atoms with Crippen molar-refractivity contribution >= 4 is 5.96 Å². The molecule has 1 aromatic heterocycles. The second-order valence-corrected chi connectivity index (χ2v) is 9.49. The molecular weight excluding hydrogens is 390 g/mol. The molecule has 3 rings (SSSR count). The first-order valence-corrected chi connectivity index (χ1v) is 12.2. The Morgan fingerprint density at radius 2 is 1.97 bits per heavy atom. The van der Waals surface area contributed by atoms with Gasteiger partial charge in [0, 0.05) is 33.4 Å². The number of ether oxygens (including phenoxy) is 1. The van der Waals surface area contributed by atoms with E-state index in [1.165, 1.54) is 38.5 Å². The monoisotopic (exact) mass is 433 g/mol. The van der Waals surface area contributed by atoms with Crippen LogP contribution in [-0.2, 0) is 11.3 Å². The number of guanidine groups is 1. The van der Waals surface area contributed by atoms with Gasteiger partial charge in [-0.2, -0.15) is 0 Å². The molecule has 0 atom stereocenters. The van der Waals surface area contributed by atoms with Gasteiger partial charge in [0.2, 0.25) is 5.89 Å². The summed E-state index contributed by atoms with van der Waals surface area (Å²) in [4.78, 5) is 12.0. The topological polar surface area (TPSA) is 74.9 Å². The van der Waals surface area contributed by atoms with E-state index in [0.717, 1.165) is 75.6 Å².